The van der Waals surface area contributed by atoms with Gasteiger partial charge in [-0.25, -0.2) is 0 Å². The minimum Gasteiger partial charge on any atom is -0.298 e. The Morgan fingerprint density at radius 1 is 1.29 bits per heavy atom. The molecule has 1 aliphatic heterocycles. The molecule has 0 aromatic heterocycles. The summed E-state index contributed by atoms with van der Waals surface area (Å²) in [6.45, 7) is 8.09. The van der Waals surface area contributed by atoms with Crippen LogP contribution in [0.1, 0.15) is 57.4 Å². The fraction of sp³-hybridized carbons (Fsp3) is 0.619. The van der Waals surface area contributed by atoms with Crippen molar-refractivity contribution in [2.45, 2.75) is 68.7 Å². The van der Waals surface area contributed by atoms with Crippen LogP contribution < -0.4 is 0 Å². The smallest absolute Gasteiger partial charge is 0.0685 e. The summed E-state index contributed by atoms with van der Waals surface area (Å²) in [6.07, 6.45) is 11.4. The summed E-state index contributed by atoms with van der Waals surface area (Å²) in [5.74, 6) is 0. The fourth-order valence-corrected chi connectivity index (χ4v) is 4.04. The maximum absolute atomic E-state index is 6.13. The third-order valence-corrected chi connectivity index (χ3v) is 5.93. The number of halogens is 1. The van der Waals surface area contributed by atoms with E-state index in [1.807, 2.05) is 6.08 Å². The van der Waals surface area contributed by atoms with Gasteiger partial charge in [-0.05, 0) is 57.4 Å². The zero-order chi connectivity index (χ0) is 17.3. The predicted octanol–water partition coefficient (Wildman–Crippen LogP) is 5.92. The fourth-order valence-electron chi connectivity index (χ4n) is 3.48. The summed E-state index contributed by atoms with van der Waals surface area (Å²) in [4.78, 5) is 6.70. The summed E-state index contributed by atoms with van der Waals surface area (Å²) < 4.78 is 0. The highest BCUT2D eigenvalue weighted by Crippen LogP contribution is 2.31. The monoisotopic (exact) mass is 393 g/mol. The van der Waals surface area contributed by atoms with Crippen LogP contribution in [-0.4, -0.2) is 28.6 Å². The average Bonchev–Trinajstić information content (AvgIpc) is 2.59. The second kappa shape index (κ2) is 10.4. The van der Waals surface area contributed by atoms with Crippen molar-refractivity contribution < 1.29 is 4.84 Å². The van der Waals surface area contributed by atoms with E-state index in [-0.39, 0.29) is 5.54 Å². The van der Waals surface area contributed by atoms with Gasteiger partial charge in [0.25, 0.3) is 0 Å². The Balaban J connectivity index is 1.63. The largest absolute Gasteiger partial charge is 0.298 e. The van der Waals surface area contributed by atoms with Gasteiger partial charge in [0, 0.05) is 16.9 Å². The number of benzene rings is 1. The summed E-state index contributed by atoms with van der Waals surface area (Å²) in [6, 6.07) is 10.7. The SMILES string of the molecule is C=CCC1(C)CCCCN1OCCCC(Br)CCc1ccccc1. The van der Waals surface area contributed by atoms with E-state index in [2.05, 4.69) is 64.8 Å². The second-order valence-corrected chi connectivity index (χ2v) is 8.44. The Morgan fingerprint density at radius 2 is 2.08 bits per heavy atom. The third kappa shape index (κ3) is 6.34. The molecule has 1 heterocycles. The lowest BCUT2D eigenvalue weighted by Crippen LogP contribution is -2.49. The van der Waals surface area contributed by atoms with E-state index in [0.717, 1.165) is 32.4 Å². The first-order chi connectivity index (χ1) is 11.6. The maximum Gasteiger partial charge on any atom is 0.0685 e. The Hall–Kier alpha value is -0.640. The minimum atomic E-state index is 0.140. The lowest BCUT2D eigenvalue weighted by molar-refractivity contribution is -0.231. The molecule has 3 heteroatoms. The van der Waals surface area contributed by atoms with Gasteiger partial charge in [-0.15, -0.1) is 6.58 Å². The molecular formula is C21H32BrNO. The molecule has 1 aromatic carbocycles. The molecule has 2 rings (SSSR count). The van der Waals surface area contributed by atoms with Crippen LogP contribution in [0.2, 0.25) is 0 Å². The zero-order valence-corrected chi connectivity index (χ0v) is 16.6. The molecule has 1 aliphatic rings. The van der Waals surface area contributed by atoms with Crippen molar-refractivity contribution in [3.8, 4) is 0 Å². The van der Waals surface area contributed by atoms with Gasteiger partial charge >= 0.3 is 0 Å². The first kappa shape index (κ1) is 19.7. The molecule has 1 saturated heterocycles. The lowest BCUT2D eigenvalue weighted by atomic mass is 9.87. The van der Waals surface area contributed by atoms with Gasteiger partial charge in [0.05, 0.1) is 6.61 Å². The van der Waals surface area contributed by atoms with Crippen molar-refractivity contribution >= 4 is 15.9 Å². The molecule has 0 aliphatic carbocycles. The van der Waals surface area contributed by atoms with Gasteiger partial charge in [-0.1, -0.05) is 58.8 Å². The Bertz CT molecular complexity index is 478. The number of rotatable bonds is 10. The van der Waals surface area contributed by atoms with Crippen molar-refractivity contribution in [3.05, 3.63) is 48.6 Å². The summed E-state index contributed by atoms with van der Waals surface area (Å²) in [5.41, 5.74) is 1.56. The molecule has 24 heavy (non-hydrogen) atoms. The first-order valence-electron chi connectivity index (χ1n) is 9.33. The normalized spacial score (nSPS) is 23.1. The lowest BCUT2D eigenvalue weighted by Gasteiger charge is -2.43. The number of nitrogens with zero attached hydrogens (tertiary/aromatic N) is 1. The number of alkyl halides is 1. The quantitative estimate of drug-likeness (QED) is 0.278. The van der Waals surface area contributed by atoms with Gasteiger partial charge in [-0.2, -0.15) is 5.06 Å². The van der Waals surface area contributed by atoms with Crippen LogP contribution in [0.25, 0.3) is 0 Å². The van der Waals surface area contributed by atoms with Crippen molar-refractivity contribution in [1.82, 2.24) is 5.06 Å². The van der Waals surface area contributed by atoms with Gasteiger partial charge in [0.15, 0.2) is 0 Å². The molecule has 0 amide bonds. The highest BCUT2D eigenvalue weighted by atomic mass is 79.9. The van der Waals surface area contributed by atoms with Gasteiger partial charge in [-0.3, -0.25) is 4.84 Å². The molecule has 0 bridgehead atoms. The summed E-state index contributed by atoms with van der Waals surface area (Å²) in [7, 11) is 0. The molecule has 1 fully saturated rings. The Labute approximate surface area is 156 Å². The molecule has 2 unspecified atom stereocenters. The molecule has 2 nitrogen and oxygen atoms in total. The minimum absolute atomic E-state index is 0.140. The number of aryl methyl sites for hydroxylation is 1. The van der Waals surface area contributed by atoms with Crippen LogP contribution in [0.4, 0.5) is 0 Å². The molecule has 0 spiro atoms. The number of hydrogen-bond acceptors (Lipinski definition) is 2. The molecule has 0 N–H and O–H groups in total. The van der Waals surface area contributed by atoms with E-state index in [4.69, 9.17) is 4.84 Å². The Kier molecular flexibility index (Phi) is 8.51. The van der Waals surface area contributed by atoms with Crippen molar-refractivity contribution in [1.29, 1.82) is 0 Å². The van der Waals surface area contributed by atoms with Crippen LogP contribution in [0.3, 0.4) is 0 Å². The number of hydroxylamine groups is 2. The topological polar surface area (TPSA) is 12.5 Å². The van der Waals surface area contributed by atoms with E-state index in [0.29, 0.717) is 4.83 Å². The van der Waals surface area contributed by atoms with Gasteiger partial charge in [0.2, 0.25) is 0 Å². The van der Waals surface area contributed by atoms with Gasteiger partial charge < -0.3 is 0 Å². The van der Waals surface area contributed by atoms with Crippen LogP contribution in [-0.2, 0) is 11.3 Å². The zero-order valence-electron chi connectivity index (χ0n) is 15.1. The van der Waals surface area contributed by atoms with Crippen LogP contribution in [0.5, 0.6) is 0 Å². The summed E-state index contributed by atoms with van der Waals surface area (Å²) >= 11 is 3.83. The van der Waals surface area contributed by atoms with Gasteiger partial charge in [0.1, 0.15) is 0 Å². The molecule has 0 saturated carbocycles. The highest BCUT2D eigenvalue weighted by molar-refractivity contribution is 9.09. The molecule has 0 radical (unpaired) electrons. The summed E-state index contributed by atoms with van der Waals surface area (Å²) in [5, 5.41) is 2.23. The number of piperidine rings is 1. The molecule has 134 valence electrons. The van der Waals surface area contributed by atoms with E-state index in [1.165, 1.54) is 37.7 Å². The average molecular weight is 394 g/mol. The second-order valence-electron chi connectivity index (χ2n) is 7.15. The predicted molar refractivity (Wildman–Crippen MR) is 106 cm³/mol. The molecular weight excluding hydrogens is 362 g/mol. The van der Waals surface area contributed by atoms with Crippen LogP contribution in [0.15, 0.2) is 43.0 Å². The number of hydrogen-bond donors (Lipinski definition) is 0. The van der Waals surface area contributed by atoms with E-state index in [1.54, 1.807) is 0 Å². The maximum atomic E-state index is 6.13. The van der Waals surface area contributed by atoms with Crippen LogP contribution in [0, 0.1) is 0 Å². The van der Waals surface area contributed by atoms with Crippen molar-refractivity contribution in [2.24, 2.45) is 0 Å². The van der Waals surface area contributed by atoms with Crippen molar-refractivity contribution in [3.63, 3.8) is 0 Å². The standard InChI is InChI=1S/C21H32BrNO/c1-3-15-21(2)16-7-8-17-23(21)24-18-9-12-20(22)14-13-19-10-5-4-6-11-19/h3-6,10-11,20H,1,7-9,12-18H2,2H3. The van der Waals surface area contributed by atoms with E-state index >= 15 is 0 Å². The van der Waals surface area contributed by atoms with E-state index < -0.39 is 0 Å². The van der Waals surface area contributed by atoms with Crippen molar-refractivity contribution in [2.75, 3.05) is 13.2 Å². The Morgan fingerprint density at radius 3 is 2.83 bits per heavy atom. The van der Waals surface area contributed by atoms with E-state index in [9.17, 15) is 0 Å². The highest BCUT2D eigenvalue weighted by Gasteiger charge is 2.34. The molecule has 1 aromatic rings. The molecule has 2 atom stereocenters. The first-order valence-corrected chi connectivity index (χ1v) is 10.2. The van der Waals surface area contributed by atoms with Crippen LogP contribution >= 0.6 is 15.9 Å². The third-order valence-electron chi connectivity index (χ3n) is 5.01.